The normalized spacial score (nSPS) is 25.1. The van der Waals surface area contributed by atoms with E-state index in [-0.39, 0.29) is 11.3 Å². The number of carboxylic acids is 1. The summed E-state index contributed by atoms with van der Waals surface area (Å²) in [6, 6.07) is 0. The Labute approximate surface area is 123 Å². The monoisotopic (exact) mass is 295 g/mol. The van der Waals surface area contributed by atoms with Crippen LogP contribution in [0.5, 0.6) is 0 Å². The Morgan fingerprint density at radius 2 is 1.95 bits per heavy atom. The molecule has 2 fully saturated rings. The Hall–Kier alpha value is -1.36. The van der Waals surface area contributed by atoms with Gasteiger partial charge >= 0.3 is 5.97 Å². The van der Waals surface area contributed by atoms with Crippen LogP contribution in [0, 0.1) is 11.3 Å². The summed E-state index contributed by atoms with van der Waals surface area (Å²) < 4.78 is 0. The molecule has 1 atom stereocenters. The topological polar surface area (TPSA) is 66.3 Å². The summed E-state index contributed by atoms with van der Waals surface area (Å²) in [5, 5.41) is 10.0. The molecule has 1 saturated heterocycles. The van der Waals surface area contributed by atoms with Crippen LogP contribution >= 0.6 is 11.6 Å². The van der Waals surface area contributed by atoms with E-state index in [0.29, 0.717) is 17.5 Å². The molecule has 3 rings (SSSR count). The van der Waals surface area contributed by atoms with Crippen LogP contribution in [0.2, 0.25) is 5.02 Å². The number of aliphatic carboxylic acids is 1. The minimum Gasteiger partial charge on any atom is -0.481 e. The third-order valence-electron chi connectivity index (χ3n) is 4.68. The number of hydrogen-bond donors (Lipinski definition) is 1. The molecule has 5 nitrogen and oxygen atoms in total. The van der Waals surface area contributed by atoms with Crippen molar-refractivity contribution in [3.05, 3.63) is 17.4 Å². The van der Waals surface area contributed by atoms with Crippen molar-refractivity contribution in [3.8, 4) is 0 Å². The third kappa shape index (κ3) is 2.35. The molecule has 1 saturated carbocycles. The molecule has 0 amide bonds. The van der Waals surface area contributed by atoms with Gasteiger partial charge in [0.05, 0.1) is 23.3 Å². The largest absolute Gasteiger partial charge is 0.481 e. The fraction of sp³-hybridized carbons (Fsp3) is 0.643. The van der Waals surface area contributed by atoms with E-state index in [9.17, 15) is 9.90 Å². The van der Waals surface area contributed by atoms with Gasteiger partial charge in [-0.15, -0.1) is 0 Å². The Kier molecular flexibility index (Phi) is 3.54. The summed E-state index contributed by atoms with van der Waals surface area (Å²) in [5.74, 6) is -0.423. The van der Waals surface area contributed by atoms with E-state index >= 15 is 0 Å². The molecule has 1 aliphatic heterocycles. The lowest BCUT2D eigenvalue weighted by molar-refractivity contribution is -0.145. The first kappa shape index (κ1) is 13.6. The van der Waals surface area contributed by atoms with Crippen LogP contribution in [0.4, 0.5) is 5.95 Å². The lowest BCUT2D eigenvalue weighted by Crippen LogP contribution is -2.36. The van der Waals surface area contributed by atoms with Crippen molar-refractivity contribution in [1.82, 2.24) is 9.97 Å². The molecule has 0 radical (unpaired) electrons. The number of carboxylic acid groups (broad SMARTS) is 1. The van der Waals surface area contributed by atoms with Gasteiger partial charge in [-0.2, -0.15) is 0 Å². The molecule has 1 N–H and O–H groups in total. The van der Waals surface area contributed by atoms with E-state index in [1.807, 2.05) is 4.90 Å². The number of aromatic nitrogens is 2. The van der Waals surface area contributed by atoms with Gasteiger partial charge < -0.3 is 10.0 Å². The van der Waals surface area contributed by atoms with Gasteiger partial charge in [0.15, 0.2) is 0 Å². The predicted molar refractivity (Wildman–Crippen MR) is 75.9 cm³/mol. The van der Waals surface area contributed by atoms with Gasteiger partial charge in [0.1, 0.15) is 0 Å². The van der Waals surface area contributed by atoms with Crippen LogP contribution in [0.3, 0.4) is 0 Å². The second-order valence-corrected chi connectivity index (χ2v) is 6.33. The average molecular weight is 296 g/mol. The highest BCUT2D eigenvalue weighted by molar-refractivity contribution is 6.30. The van der Waals surface area contributed by atoms with E-state index in [0.717, 1.165) is 32.2 Å². The van der Waals surface area contributed by atoms with Crippen molar-refractivity contribution in [2.45, 2.75) is 32.1 Å². The van der Waals surface area contributed by atoms with Crippen LogP contribution in [0.1, 0.15) is 32.1 Å². The van der Waals surface area contributed by atoms with Crippen LogP contribution in [-0.2, 0) is 4.79 Å². The third-order valence-corrected chi connectivity index (χ3v) is 4.88. The van der Waals surface area contributed by atoms with Crippen molar-refractivity contribution in [1.29, 1.82) is 0 Å². The Morgan fingerprint density at radius 3 is 2.55 bits per heavy atom. The fourth-order valence-electron chi connectivity index (χ4n) is 3.69. The first-order valence-electron chi connectivity index (χ1n) is 7.06. The number of hydrogen-bond acceptors (Lipinski definition) is 4. The maximum absolute atomic E-state index is 11.6. The van der Waals surface area contributed by atoms with E-state index in [2.05, 4.69) is 9.97 Å². The molecule has 2 heterocycles. The Morgan fingerprint density at radius 1 is 1.30 bits per heavy atom. The van der Waals surface area contributed by atoms with Gasteiger partial charge in [0.25, 0.3) is 0 Å². The minimum absolute atomic E-state index is 0.104. The van der Waals surface area contributed by atoms with Crippen LogP contribution in [0.15, 0.2) is 12.4 Å². The van der Waals surface area contributed by atoms with Crippen molar-refractivity contribution >= 4 is 23.5 Å². The van der Waals surface area contributed by atoms with E-state index < -0.39 is 5.97 Å². The number of halogens is 1. The average Bonchev–Trinajstić information content (AvgIpc) is 2.80. The van der Waals surface area contributed by atoms with Crippen molar-refractivity contribution in [3.63, 3.8) is 0 Å². The molecule has 1 aromatic rings. The molecule has 1 spiro atoms. The number of rotatable bonds is 2. The zero-order valence-electron chi connectivity index (χ0n) is 11.3. The Bertz CT molecular complexity index is 500. The maximum Gasteiger partial charge on any atom is 0.308 e. The van der Waals surface area contributed by atoms with E-state index in [4.69, 9.17) is 11.6 Å². The molecule has 20 heavy (non-hydrogen) atoms. The summed E-state index contributed by atoms with van der Waals surface area (Å²) in [5.41, 5.74) is -0.104. The quantitative estimate of drug-likeness (QED) is 0.908. The molecule has 6 heteroatoms. The van der Waals surface area contributed by atoms with Gasteiger partial charge in [-0.05, 0) is 12.8 Å². The molecule has 2 aliphatic rings. The zero-order chi connectivity index (χ0) is 14.2. The second-order valence-electron chi connectivity index (χ2n) is 5.90. The van der Waals surface area contributed by atoms with Crippen molar-refractivity contribution < 1.29 is 9.90 Å². The van der Waals surface area contributed by atoms with E-state index in [1.165, 1.54) is 6.42 Å². The number of nitrogens with zero attached hydrogens (tertiary/aromatic N) is 3. The van der Waals surface area contributed by atoms with E-state index in [1.54, 1.807) is 12.4 Å². The number of carbonyl (C=O) groups is 1. The minimum atomic E-state index is -0.691. The first-order valence-corrected chi connectivity index (χ1v) is 7.44. The highest BCUT2D eigenvalue weighted by atomic mass is 35.5. The molecule has 0 aromatic carbocycles. The summed E-state index contributed by atoms with van der Waals surface area (Å²) >= 11 is 5.80. The highest BCUT2D eigenvalue weighted by Crippen LogP contribution is 2.48. The number of anilines is 1. The predicted octanol–water partition coefficient (Wildman–Crippen LogP) is 2.60. The van der Waals surface area contributed by atoms with Crippen molar-refractivity contribution in [2.24, 2.45) is 11.3 Å². The van der Waals surface area contributed by atoms with Crippen molar-refractivity contribution in [2.75, 3.05) is 18.0 Å². The fourth-order valence-corrected chi connectivity index (χ4v) is 3.79. The van der Waals surface area contributed by atoms with Gasteiger partial charge in [-0.3, -0.25) is 4.79 Å². The first-order chi connectivity index (χ1) is 9.61. The summed E-state index contributed by atoms with van der Waals surface area (Å²) in [4.78, 5) is 22.1. The lowest BCUT2D eigenvalue weighted by atomic mass is 9.68. The van der Waals surface area contributed by atoms with Gasteiger partial charge in [-0.25, -0.2) is 9.97 Å². The standard InChI is InChI=1S/C14H18ClN3O2/c15-10-6-16-13(17-7-10)18-8-11(12(19)20)14(9-18)4-2-1-3-5-14/h6-7,11H,1-5,8-9H2,(H,19,20). The summed E-state index contributed by atoms with van der Waals surface area (Å²) in [6.07, 6.45) is 8.57. The van der Waals surface area contributed by atoms with Gasteiger partial charge in [0.2, 0.25) is 5.95 Å². The van der Waals surface area contributed by atoms with Gasteiger partial charge in [0, 0.05) is 18.5 Å². The van der Waals surface area contributed by atoms with Crippen LogP contribution in [-0.4, -0.2) is 34.1 Å². The smallest absolute Gasteiger partial charge is 0.308 e. The molecule has 1 aliphatic carbocycles. The zero-order valence-corrected chi connectivity index (χ0v) is 12.0. The molecular weight excluding hydrogens is 278 g/mol. The second kappa shape index (κ2) is 5.20. The SMILES string of the molecule is O=C(O)C1CN(c2ncc(Cl)cn2)CC12CCCCC2. The van der Waals surface area contributed by atoms with Gasteiger partial charge in [-0.1, -0.05) is 30.9 Å². The summed E-state index contributed by atoms with van der Waals surface area (Å²) in [7, 11) is 0. The maximum atomic E-state index is 11.6. The molecule has 1 aromatic heterocycles. The Balaban J connectivity index is 1.86. The molecule has 1 unspecified atom stereocenters. The lowest BCUT2D eigenvalue weighted by Gasteiger charge is -2.36. The summed E-state index contributed by atoms with van der Waals surface area (Å²) in [6.45, 7) is 1.24. The highest BCUT2D eigenvalue weighted by Gasteiger charge is 2.50. The molecule has 108 valence electrons. The molecular formula is C14H18ClN3O2. The van der Waals surface area contributed by atoms with Crippen LogP contribution < -0.4 is 4.90 Å². The van der Waals surface area contributed by atoms with Crippen LogP contribution in [0.25, 0.3) is 0 Å². The molecule has 0 bridgehead atoms.